The lowest BCUT2D eigenvalue weighted by molar-refractivity contribution is -0.0613. The molecule has 0 bridgehead atoms. The first-order valence-corrected chi connectivity index (χ1v) is 27.0. The summed E-state index contributed by atoms with van der Waals surface area (Å²) < 4.78 is 0. The summed E-state index contributed by atoms with van der Waals surface area (Å²) >= 11 is 0. The third-order valence-electron chi connectivity index (χ3n) is 15.4. The lowest BCUT2D eigenvalue weighted by atomic mass is 9.81. The number of nitrogens with zero attached hydrogens (tertiary/aromatic N) is 7. The van der Waals surface area contributed by atoms with Crippen LogP contribution in [0, 0.1) is 17.8 Å². The Kier molecular flexibility index (Phi) is 30.5. The third kappa shape index (κ3) is 24.5. The van der Waals surface area contributed by atoms with Crippen LogP contribution in [-0.4, -0.2) is 191 Å². The molecule has 0 atom stereocenters. The molecule has 5 aliphatic rings. The van der Waals surface area contributed by atoms with Gasteiger partial charge in [-0.25, -0.2) is 0 Å². The molecule has 0 amide bonds. The van der Waals surface area contributed by atoms with Gasteiger partial charge in [0.05, 0.1) is 5.60 Å². The van der Waals surface area contributed by atoms with E-state index in [-0.39, 0.29) is 0 Å². The van der Waals surface area contributed by atoms with E-state index in [0.717, 1.165) is 68.0 Å². The lowest BCUT2D eigenvalue weighted by Crippen LogP contribution is -2.50. The van der Waals surface area contributed by atoms with Crippen molar-refractivity contribution in [1.29, 1.82) is 0 Å². The zero-order valence-electron chi connectivity index (χ0n) is 46.4. The molecule has 0 radical (unpaired) electrons. The van der Waals surface area contributed by atoms with E-state index in [1.807, 2.05) is 0 Å². The van der Waals surface area contributed by atoms with E-state index in [2.05, 4.69) is 178 Å². The molecule has 0 aliphatic carbocycles. The van der Waals surface area contributed by atoms with E-state index in [9.17, 15) is 5.11 Å². The van der Waals surface area contributed by atoms with Gasteiger partial charge in [-0.2, -0.15) is 0 Å². The molecule has 2 N–H and O–H groups in total. The van der Waals surface area contributed by atoms with Crippen LogP contribution >= 0.6 is 0 Å². The Labute approximate surface area is 396 Å². The largest absolute Gasteiger partial charge is 0.390 e. The van der Waals surface area contributed by atoms with Gasteiger partial charge in [-0.05, 0) is 199 Å². The Morgan fingerprint density at radius 2 is 0.635 bits per heavy atom. The average Bonchev–Trinajstić information content (AvgIpc) is 3.49. The van der Waals surface area contributed by atoms with Gasteiger partial charge in [0.1, 0.15) is 0 Å². The van der Waals surface area contributed by atoms with Crippen molar-refractivity contribution in [2.45, 2.75) is 243 Å². The van der Waals surface area contributed by atoms with Crippen molar-refractivity contribution < 1.29 is 5.11 Å². The van der Waals surface area contributed by atoms with Crippen LogP contribution in [0.2, 0.25) is 0 Å². The SMILES string of the molecule is CC(C)C1CCN(C(C)C)CC1.CC(C)N1CCC(O)(C(C)C)CC1.CC(C)N1CCCN(C(C)C)CC1.CC(C)N1CCN(C(C)C)CC1.CC(C)NC1CCN(C(C)C)CC1. The van der Waals surface area contributed by atoms with Crippen LogP contribution in [0.1, 0.15) is 183 Å². The van der Waals surface area contributed by atoms with Gasteiger partial charge in [-0.15, -0.1) is 0 Å². The summed E-state index contributed by atoms with van der Waals surface area (Å²) in [4.78, 5) is 17.9. The average molecular weight is 894 g/mol. The molecule has 5 fully saturated rings. The highest BCUT2D eigenvalue weighted by atomic mass is 16.3. The molecule has 0 saturated carbocycles. The van der Waals surface area contributed by atoms with Crippen LogP contribution in [0.25, 0.3) is 0 Å². The summed E-state index contributed by atoms with van der Waals surface area (Å²) in [5, 5.41) is 13.8. The third-order valence-corrected chi connectivity index (χ3v) is 15.4. The molecule has 378 valence electrons. The summed E-state index contributed by atoms with van der Waals surface area (Å²) in [6.07, 6.45) is 8.65. The predicted octanol–water partition coefficient (Wildman–Crippen LogP) is 9.73. The summed E-state index contributed by atoms with van der Waals surface area (Å²) in [5.74, 6) is 2.26. The minimum absolute atomic E-state index is 0.391. The number of likely N-dealkylation sites (tertiary alicyclic amines) is 3. The predicted molar refractivity (Wildman–Crippen MR) is 279 cm³/mol. The first-order valence-electron chi connectivity index (χ1n) is 27.0. The fourth-order valence-corrected chi connectivity index (χ4v) is 9.92. The number of nitrogens with one attached hydrogen (secondary N) is 1. The first-order chi connectivity index (χ1) is 29.4. The van der Waals surface area contributed by atoms with Crippen molar-refractivity contribution in [1.82, 2.24) is 39.6 Å². The Bertz CT molecular complexity index is 997. The highest BCUT2D eigenvalue weighted by Gasteiger charge is 2.35. The highest BCUT2D eigenvalue weighted by Crippen LogP contribution is 2.30. The molecule has 9 heteroatoms. The zero-order valence-corrected chi connectivity index (χ0v) is 46.4. The normalized spacial score (nSPS) is 22.7. The van der Waals surface area contributed by atoms with Crippen LogP contribution in [0.3, 0.4) is 0 Å². The fourth-order valence-electron chi connectivity index (χ4n) is 9.92. The Balaban J connectivity index is 0.000000394. The van der Waals surface area contributed by atoms with Crippen LogP contribution < -0.4 is 5.32 Å². The van der Waals surface area contributed by atoms with Gasteiger partial charge in [0.25, 0.3) is 0 Å². The Hall–Kier alpha value is -0.360. The number of piperazine rings is 1. The summed E-state index contributed by atoms with van der Waals surface area (Å²) in [7, 11) is 0. The molecule has 0 spiro atoms. The first kappa shape index (κ1) is 60.7. The maximum absolute atomic E-state index is 10.2. The van der Waals surface area contributed by atoms with Gasteiger partial charge in [0.15, 0.2) is 0 Å². The zero-order chi connectivity index (χ0) is 48.0. The monoisotopic (exact) mass is 893 g/mol. The summed E-state index contributed by atoms with van der Waals surface area (Å²) in [6, 6.07) is 6.36. The standard InChI is InChI=1S/2C11H24N2.C11H23NO.C11H23N.C10H22N2/c1-9(2)12-11-5-7-13(8-6-11)10(3)4;1-10(2)12-6-5-7-13(9-8-12)11(3)4;1-9(2)11(13)5-7-12(8-6-11)10(3)4;2*1-9(2)11-5-7-12(8-6-11)10(3)4/h9-12H,5-8H2,1-4H3;10-11H,5-9H2,1-4H3;9-10,13H,5-8H2,1-4H3;9-11H,5-8H2,1-4H3;9-10H,5-8H2,1-4H3. The molecule has 5 rings (SSSR count). The number of hydrogen-bond acceptors (Lipinski definition) is 9. The fraction of sp³-hybridized carbons (Fsp3) is 1.00. The van der Waals surface area contributed by atoms with E-state index < -0.39 is 5.60 Å². The molecular weight excluding hydrogens is 777 g/mol. The van der Waals surface area contributed by atoms with Gasteiger partial charge in [0.2, 0.25) is 0 Å². The van der Waals surface area contributed by atoms with E-state index in [0.29, 0.717) is 30.1 Å². The second kappa shape index (κ2) is 31.6. The summed E-state index contributed by atoms with van der Waals surface area (Å²) in [5.41, 5.74) is -0.397. The van der Waals surface area contributed by atoms with Gasteiger partial charge in [-0.1, -0.05) is 41.5 Å². The van der Waals surface area contributed by atoms with Crippen LogP contribution in [0.4, 0.5) is 0 Å². The molecular formula is C54H116N8O. The van der Waals surface area contributed by atoms with Gasteiger partial charge < -0.3 is 25.1 Å². The van der Waals surface area contributed by atoms with Crippen LogP contribution in [0.5, 0.6) is 0 Å². The Morgan fingerprint density at radius 1 is 0.365 bits per heavy atom. The molecule has 5 heterocycles. The van der Waals surface area contributed by atoms with E-state index >= 15 is 0 Å². The van der Waals surface area contributed by atoms with Crippen molar-refractivity contribution in [2.75, 3.05) is 91.6 Å². The minimum atomic E-state index is -0.397. The van der Waals surface area contributed by atoms with Crippen molar-refractivity contribution in [3.05, 3.63) is 0 Å². The number of piperidine rings is 3. The molecule has 0 unspecified atom stereocenters. The molecule has 0 aromatic heterocycles. The van der Waals surface area contributed by atoms with E-state index in [4.69, 9.17) is 0 Å². The molecule has 9 nitrogen and oxygen atoms in total. The van der Waals surface area contributed by atoms with Crippen molar-refractivity contribution in [3.8, 4) is 0 Å². The number of aliphatic hydroxyl groups is 1. The summed E-state index contributed by atoms with van der Waals surface area (Å²) in [6.45, 7) is 62.6. The van der Waals surface area contributed by atoms with E-state index in [1.165, 1.54) is 111 Å². The Morgan fingerprint density at radius 3 is 0.905 bits per heavy atom. The quantitative estimate of drug-likeness (QED) is 0.211. The van der Waals surface area contributed by atoms with Crippen LogP contribution in [0.15, 0.2) is 0 Å². The highest BCUT2D eigenvalue weighted by molar-refractivity contribution is 4.89. The minimum Gasteiger partial charge on any atom is -0.390 e. The molecule has 63 heavy (non-hydrogen) atoms. The lowest BCUT2D eigenvalue weighted by Gasteiger charge is -2.42. The van der Waals surface area contributed by atoms with Crippen LogP contribution in [-0.2, 0) is 0 Å². The van der Waals surface area contributed by atoms with Gasteiger partial charge in [0, 0.05) is 107 Å². The maximum atomic E-state index is 10.2. The molecule has 0 aromatic rings. The second-order valence-electron chi connectivity index (χ2n) is 23.2. The number of rotatable bonds is 11. The van der Waals surface area contributed by atoms with Crippen molar-refractivity contribution in [2.24, 2.45) is 17.8 Å². The van der Waals surface area contributed by atoms with Crippen molar-refractivity contribution >= 4 is 0 Å². The van der Waals surface area contributed by atoms with Gasteiger partial charge >= 0.3 is 0 Å². The van der Waals surface area contributed by atoms with Gasteiger partial charge in [-0.3, -0.25) is 19.6 Å². The maximum Gasteiger partial charge on any atom is 0.0694 e. The van der Waals surface area contributed by atoms with E-state index in [1.54, 1.807) is 0 Å². The second-order valence-corrected chi connectivity index (χ2v) is 23.2. The molecule has 0 aromatic carbocycles. The number of hydrogen-bond donors (Lipinski definition) is 2. The van der Waals surface area contributed by atoms with Crippen molar-refractivity contribution in [3.63, 3.8) is 0 Å². The molecule has 5 aliphatic heterocycles. The smallest absolute Gasteiger partial charge is 0.0694 e. The molecule has 5 saturated heterocycles. The topological polar surface area (TPSA) is 54.9 Å².